The van der Waals surface area contributed by atoms with Gasteiger partial charge in [0.15, 0.2) is 0 Å². The molecule has 1 saturated carbocycles. The first kappa shape index (κ1) is 19.6. The molecule has 1 unspecified atom stereocenters. The van der Waals surface area contributed by atoms with Crippen molar-refractivity contribution in [2.24, 2.45) is 0 Å². The summed E-state index contributed by atoms with van der Waals surface area (Å²) in [6.45, 7) is 0. The van der Waals surface area contributed by atoms with Crippen LogP contribution in [0.5, 0.6) is 0 Å². The summed E-state index contributed by atoms with van der Waals surface area (Å²) in [7, 11) is 0. The molecule has 1 aliphatic carbocycles. The lowest BCUT2D eigenvalue weighted by Crippen LogP contribution is -2.53. The van der Waals surface area contributed by atoms with E-state index >= 15 is 0 Å². The Labute approximate surface area is 164 Å². The van der Waals surface area contributed by atoms with Gasteiger partial charge in [0.1, 0.15) is 5.54 Å². The smallest absolute Gasteiger partial charge is 0.329 e. The molecule has 0 aromatic heterocycles. The van der Waals surface area contributed by atoms with Crippen molar-refractivity contribution in [2.75, 3.05) is 0 Å². The van der Waals surface area contributed by atoms with Crippen LogP contribution in [0.4, 0.5) is 0 Å². The quantitative estimate of drug-likeness (QED) is 0.688. The number of rotatable bonds is 7. The molecule has 2 amide bonds. The van der Waals surface area contributed by atoms with E-state index in [2.05, 4.69) is 10.6 Å². The molecular weight excluding hydrogens is 356 g/mol. The summed E-state index contributed by atoms with van der Waals surface area (Å²) < 4.78 is 0. The number of hydrogen-bond donors (Lipinski definition) is 3. The van der Waals surface area contributed by atoms with E-state index in [1.165, 1.54) is 0 Å². The second-order valence-corrected chi connectivity index (χ2v) is 7.15. The number of carbonyl (C=O) groups excluding carboxylic acids is 2. The van der Waals surface area contributed by atoms with Crippen molar-refractivity contribution >= 4 is 17.8 Å². The molecule has 0 spiro atoms. The highest BCUT2D eigenvalue weighted by atomic mass is 16.4. The molecule has 2 aromatic rings. The van der Waals surface area contributed by atoms with Gasteiger partial charge in [-0.1, -0.05) is 61.4 Å². The number of hydrogen-bond acceptors (Lipinski definition) is 3. The van der Waals surface area contributed by atoms with Crippen LogP contribution in [0.1, 0.15) is 54.1 Å². The van der Waals surface area contributed by atoms with Gasteiger partial charge in [0.25, 0.3) is 5.91 Å². The molecule has 28 heavy (non-hydrogen) atoms. The molecule has 3 rings (SSSR count). The zero-order valence-electron chi connectivity index (χ0n) is 15.6. The first-order valence-electron chi connectivity index (χ1n) is 9.45. The molecule has 0 bridgehead atoms. The molecule has 0 heterocycles. The Bertz CT molecular complexity index is 830. The van der Waals surface area contributed by atoms with Crippen molar-refractivity contribution in [3.8, 4) is 0 Å². The van der Waals surface area contributed by atoms with Crippen LogP contribution in [0, 0.1) is 0 Å². The molecular formula is C22H24N2O4. The van der Waals surface area contributed by atoms with E-state index in [1.54, 1.807) is 24.3 Å². The Morgan fingerprint density at radius 1 is 0.929 bits per heavy atom. The number of carbonyl (C=O) groups is 3. The minimum absolute atomic E-state index is 0.0301. The lowest BCUT2D eigenvalue weighted by Gasteiger charge is -2.27. The van der Waals surface area contributed by atoms with Crippen LogP contribution in [0.15, 0.2) is 60.7 Å². The van der Waals surface area contributed by atoms with Crippen molar-refractivity contribution in [1.29, 1.82) is 0 Å². The highest BCUT2D eigenvalue weighted by molar-refractivity contribution is 5.95. The van der Waals surface area contributed by atoms with Crippen molar-refractivity contribution in [3.05, 3.63) is 71.8 Å². The molecule has 1 atom stereocenters. The molecule has 1 aliphatic rings. The van der Waals surface area contributed by atoms with Gasteiger partial charge in [-0.15, -0.1) is 0 Å². The van der Waals surface area contributed by atoms with E-state index in [0.717, 1.165) is 18.4 Å². The van der Waals surface area contributed by atoms with E-state index in [0.29, 0.717) is 18.4 Å². The highest BCUT2D eigenvalue weighted by Gasteiger charge is 2.42. The summed E-state index contributed by atoms with van der Waals surface area (Å²) in [6, 6.07) is 17.4. The number of carboxylic acids is 1. The third-order valence-corrected chi connectivity index (χ3v) is 5.18. The van der Waals surface area contributed by atoms with E-state index in [9.17, 15) is 19.5 Å². The van der Waals surface area contributed by atoms with Crippen LogP contribution < -0.4 is 10.6 Å². The largest absolute Gasteiger partial charge is 0.480 e. The zero-order chi connectivity index (χ0) is 20.0. The summed E-state index contributed by atoms with van der Waals surface area (Å²) in [5, 5.41) is 15.2. The predicted octanol–water partition coefficient (Wildman–Crippen LogP) is 3.06. The van der Waals surface area contributed by atoms with Gasteiger partial charge in [-0.25, -0.2) is 4.79 Å². The fourth-order valence-electron chi connectivity index (χ4n) is 3.64. The molecule has 6 heteroatoms. The number of nitrogens with one attached hydrogen (secondary N) is 2. The lowest BCUT2D eigenvalue weighted by atomic mass is 9.96. The summed E-state index contributed by atoms with van der Waals surface area (Å²) in [5.41, 5.74) is 0.0984. The number of carboxylic acid groups (broad SMARTS) is 1. The van der Waals surface area contributed by atoms with Gasteiger partial charge in [0.05, 0.1) is 12.5 Å². The molecule has 0 aliphatic heterocycles. The molecule has 3 N–H and O–H groups in total. The summed E-state index contributed by atoms with van der Waals surface area (Å²) in [6.07, 6.45) is 2.39. The number of aliphatic carboxylic acids is 1. The second kappa shape index (κ2) is 8.69. The van der Waals surface area contributed by atoms with Gasteiger partial charge < -0.3 is 15.7 Å². The fourth-order valence-corrected chi connectivity index (χ4v) is 3.64. The second-order valence-electron chi connectivity index (χ2n) is 7.15. The van der Waals surface area contributed by atoms with Crippen LogP contribution in [-0.2, 0) is 9.59 Å². The van der Waals surface area contributed by atoms with Crippen LogP contribution in [0.25, 0.3) is 0 Å². The molecule has 2 aromatic carbocycles. The van der Waals surface area contributed by atoms with E-state index in [1.807, 2.05) is 36.4 Å². The third-order valence-electron chi connectivity index (χ3n) is 5.18. The Morgan fingerprint density at radius 3 is 2.07 bits per heavy atom. The average Bonchev–Trinajstić information content (AvgIpc) is 3.18. The standard InChI is InChI=1S/C22H24N2O4/c25-19(24-22(21(27)28)13-7-8-14-22)15-18(16-9-3-1-4-10-16)23-20(26)17-11-5-2-6-12-17/h1-6,9-12,18H,7-8,13-15H2,(H,23,26)(H,24,25)(H,27,28). The molecule has 0 radical (unpaired) electrons. The van der Waals surface area contributed by atoms with Gasteiger partial charge in [-0.2, -0.15) is 0 Å². The molecule has 6 nitrogen and oxygen atoms in total. The first-order chi connectivity index (χ1) is 13.5. The summed E-state index contributed by atoms with van der Waals surface area (Å²) in [4.78, 5) is 37.0. The van der Waals surface area contributed by atoms with Crippen molar-refractivity contribution < 1.29 is 19.5 Å². The highest BCUT2D eigenvalue weighted by Crippen LogP contribution is 2.30. The van der Waals surface area contributed by atoms with Crippen molar-refractivity contribution in [2.45, 2.75) is 43.7 Å². The maximum atomic E-state index is 12.7. The van der Waals surface area contributed by atoms with Gasteiger partial charge in [0.2, 0.25) is 5.91 Å². The summed E-state index contributed by atoms with van der Waals surface area (Å²) >= 11 is 0. The van der Waals surface area contributed by atoms with Gasteiger partial charge >= 0.3 is 5.97 Å². The minimum atomic E-state index is -1.19. The maximum absolute atomic E-state index is 12.7. The van der Waals surface area contributed by atoms with Crippen LogP contribution >= 0.6 is 0 Å². The Hall–Kier alpha value is -3.15. The van der Waals surface area contributed by atoms with Crippen molar-refractivity contribution in [1.82, 2.24) is 10.6 Å². The van der Waals surface area contributed by atoms with Gasteiger partial charge in [-0.05, 0) is 30.5 Å². The minimum Gasteiger partial charge on any atom is -0.480 e. The molecule has 146 valence electrons. The molecule has 0 saturated heterocycles. The first-order valence-corrected chi connectivity index (χ1v) is 9.45. The average molecular weight is 380 g/mol. The zero-order valence-corrected chi connectivity index (χ0v) is 15.6. The molecule has 1 fully saturated rings. The van der Waals surface area contributed by atoms with E-state index < -0.39 is 17.6 Å². The predicted molar refractivity (Wildman–Crippen MR) is 105 cm³/mol. The van der Waals surface area contributed by atoms with Crippen LogP contribution in [-0.4, -0.2) is 28.4 Å². The Balaban J connectivity index is 1.75. The third kappa shape index (κ3) is 4.57. The maximum Gasteiger partial charge on any atom is 0.329 e. The van der Waals surface area contributed by atoms with Gasteiger partial charge in [0, 0.05) is 5.56 Å². The fraction of sp³-hybridized carbons (Fsp3) is 0.318. The van der Waals surface area contributed by atoms with Crippen LogP contribution in [0.3, 0.4) is 0 Å². The summed E-state index contributed by atoms with van der Waals surface area (Å²) in [5.74, 6) is -1.66. The topological polar surface area (TPSA) is 95.5 Å². The SMILES string of the molecule is O=C(CC(NC(=O)c1ccccc1)c1ccccc1)NC1(C(=O)O)CCCC1. The Kier molecular flexibility index (Phi) is 6.09. The van der Waals surface area contributed by atoms with Gasteiger partial charge in [-0.3, -0.25) is 9.59 Å². The monoisotopic (exact) mass is 380 g/mol. The van der Waals surface area contributed by atoms with E-state index in [-0.39, 0.29) is 18.2 Å². The van der Waals surface area contributed by atoms with Crippen molar-refractivity contribution in [3.63, 3.8) is 0 Å². The lowest BCUT2D eigenvalue weighted by molar-refractivity contribution is -0.147. The normalized spacial score (nSPS) is 16.1. The Morgan fingerprint density at radius 2 is 1.50 bits per heavy atom. The van der Waals surface area contributed by atoms with E-state index in [4.69, 9.17) is 0 Å². The number of amides is 2. The number of benzene rings is 2. The van der Waals surface area contributed by atoms with Crippen LogP contribution in [0.2, 0.25) is 0 Å².